The van der Waals surface area contributed by atoms with Gasteiger partial charge in [0, 0.05) is 0 Å². The van der Waals surface area contributed by atoms with Gasteiger partial charge in [-0.1, -0.05) is 12.1 Å². The second-order valence-electron chi connectivity index (χ2n) is 5.42. The minimum atomic E-state index is -4.88. The van der Waals surface area contributed by atoms with Crippen LogP contribution in [0.4, 0.5) is 26.3 Å². The molecule has 0 saturated carbocycles. The average Bonchev–Trinajstić information content (AvgIpc) is 2.51. The van der Waals surface area contributed by atoms with E-state index in [1.807, 2.05) is 0 Å². The Kier molecular flexibility index (Phi) is 5.10. The molecule has 0 aliphatic rings. The van der Waals surface area contributed by atoms with Crippen LogP contribution in [0.2, 0.25) is 0 Å². The first-order valence-electron chi connectivity index (χ1n) is 7.07. The fourth-order valence-corrected chi connectivity index (χ4v) is 2.27. The van der Waals surface area contributed by atoms with Crippen molar-refractivity contribution in [3.63, 3.8) is 0 Å². The van der Waals surface area contributed by atoms with Gasteiger partial charge in [-0.2, -0.15) is 26.3 Å². The fourth-order valence-electron chi connectivity index (χ4n) is 2.27. The Labute approximate surface area is 138 Å². The van der Waals surface area contributed by atoms with Gasteiger partial charge in [-0.05, 0) is 54.3 Å². The number of alkyl halides is 6. The molecule has 0 spiro atoms. The summed E-state index contributed by atoms with van der Waals surface area (Å²) in [5, 5.41) is 8.78. The number of hydrogen-bond acceptors (Lipinski definition) is 1. The van der Waals surface area contributed by atoms with Gasteiger partial charge in [-0.25, -0.2) is 4.79 Å². The Bertz CT molecular complexity index is 728. The smallest absolute Gasteiger partial charge is 0.416 e. The number of hydrogen-bond donors (Lipinski definition) is 1. The van der Waals surface area contributed by atoms with Crippen molar-refractivity contribution in [1.29, 1.82) is 0 Å². The highest BCUT2D eigenvalue weighted by Crippen LogP contribution is 2.36. The Morgan fingerprint density at radius 1 is 0.760 bits per heavy atom. The SMILES string of the molecule is O=C(O)c1ccc(CCc2cc(C(F)(F)F)cc(C(F)(F)F)c2)cc1. The lowest BCUT2D eigenvalue weighted by molar-refractivity contribution is -0.143. The zero-order chi connectivity index (χ0) is 18.8. The molecule has 2 aromatic rings. The molecule has 25 heavy (non-hydrogen) atoms. The van der Waals surface area contributed by atoms with Gasteiger partial charge in [0.2, 0.25) is 0 Å². The zero-order valence-corrected chi connectivity index (χ0v) is 12.6. The molecule has 2 nitrogen and oxygen atoms in total. The van der Waals surface area contributed by atoms with Crippen molar-refractivity contribution < 1.29 is 36.2 Å². The van der Waals surface area contributed by atoms with E-state index in [1.165, 1.54) is 24.3 Å². The minimum Gasteiger partial charge on any atom is -0.478 e. The fraction of sp³-hybridized carbons (Fsp3) is 0.235. The first kappa shape index (κ1) is 18.8. The molecule has 0 radical (unpaired) electrons. The molecule has 0 fully saturated rings. The van der Waals surface area contributed by atoms with E-state index in [9.17, 15) is 31.1 Å². The van der Waals surface area contributed by atoms with E-state index in [-0.39, 0.29) is 30.0 Å². The second kappa shape index (κ2) is 6.78. The van der Waals surface area contributed by atoms with Gasteiger partial charge in [0.1, 0.15) is 0 Å². The monoisotopic (exact) mass is 362 g/mol. The topological polar surface area (TPSA) is 37.3 Å². The molecule has 0 bridgehead atoms. The Morgan fingerprint density at radius 2 is 1.20 bits per heavy atom. The average molecular weight is 362 g/mol. The molecule has 8 heteroatoms. The van der Waals surface area contributed by atoms with Crippen LogP contribution < -0.4 is 0 Å². The van der Waals surface area contributed by atoms with Crippen LogP contribution in [-0.4, -0.2) is 11.1 Å². The number of aromatic carboxylic acids is 1. The number of halogens is 6. The van der Waals surface area contributed by atoms with E-state index in [1.54, 1.807) is 0 Å². The van der Waals surface area contributed by atoms with Gasteiger partial charge in [0.25, 0.3) is 0 Å². The zero-order valence-electron chi connectivity index (χ0n) is 12.6. The quantitative estimate of drug-likeness (QED) is 0.759. The van der Waals surface area contributed by atoms with Gasteiger partial charge in [-0.3, -0.25) is 0 Å². The number of carbonyl (C=O) groups is 1. The maximum atomic E-state index is 12.8. The molecule has 134 valence electrons. The normalized spacial score (nSPS) is 12.2. The van der Waals surface area contributed by atoms with Crippen LogP contribution in [0, 0.1) is 0 Å². The summed E-state index contributed by atoms with van der Waals surface area (Å²) >= 11 is 0. The highest BCUT2D eigenvalue weighted by molar-refractivity contribution is 5.87. The number of aryl methyl sites for hydroxylation is 2. The lowest BCUT2D eigenvalue weighted by Crippen LogP contribution is -2.12. The molecule has 0 aliphatic heterocycles. The van der Waals surface area contributed by atoms with Crippen LogP contribution in [0.3, 0.4) is 0 Å². The molecule has 0 saturated heterocycles. The summed E-state index contributed by atoms with van der Waals surface area (Å²) in [6.07, 6.45) is -9.61. The Balaban J connectivity index is 2.24. The maximum absolute atomic E-state index is 12.8. The van der Waals surface area contributed by atoms with E-state index in [0.29, 0.717) is 17.7 Å². The molecule has 0 atom stereocenters. The van der Waals surface area contributed by atoms with E-state index in [4.69, 9.17) is 5.11 Å². The van der Waals surface area contributed by atoms with Crippen LogP contribution in [-0.2, 0) is 25.2 Å². The van der Waals surface area contributed by atoms with Gasteiger partial charge < -0.3 is 5.11 Å². The summed E-state index contributed by atoms with van der Waals surface area (Å²) in [6.45, 7) is 0. The molecule has 2 rings (SSSR count). The van der Waals surface area contributed by atoms with Crippen molar-refractivity contribution in [2.45, 2.75) is 25.2 Å². The van der Waals surface area contributed by atoms with Crippen molar-refractivity contribution in [1.82, 2.24) is 0 Å². The first-order valence-corrected chi connectivity index (χ1v) is 7.07. The van der Waals surface area contributed by atoms with Gasteiger partial charge in [-0.15, -0.1) is 0 Å². The predicted octanol–water partition coefficient (Wildman–Crippen LogP) is 5.21. The Hall–Kier alpha value is -2.51. The van der Waals surface area contributed by atoms with Crippen molar-refractivity contribution in [3.05, 3.63) is 70.3 Å². The van der Waals surface area contributed by atoms with Crippen molar-refractivity contribution in [2.75, 3.05) is 0 Å². The molecule has 0 aliphatic carbocycles. The largest absolute Gasteiger partial charge is 0.478 e. The van der Waals surface area contributed by atoms with Crippen LogP contribution in [0.15, 0.2) is 42.5 Å². The molecular weight excluding hydrogens is 350 g/mol. The van der Waals surface area contributed by atoms with Gasteiger partial charge in [0.05, 0.1) is 16.7 Å². The van der Waals surface area contributed by atoms with Crippen molar-refractivity contribution in [2.24, 2.45) is 0 Å². The van der Waals surface area contributed by atoms with Crippen LogP contribution in [0.5, 0.6) is 0 Å². The molecule has 0 unspecified atom stereocenters. The highest BCUT2D eigenvalue weighted by Gasteiger charge is 2.36. The lowest BCUT2D eigenvalue weighted by atomic mass is 9.99. The van der Waals surface area contributed by atoms with Gasteiger partial charge >= 0.3 is 18.3 Å². The third-order valence-electron chi connectivity index (χ3n) is 3.55. The standard InChI is InChI=1S/C17H12F6O2/c18-16(19,20)13-7-11(8-14(9-13)17(21,22)23)2-1-10-3-5-12(6-4-10)15(24)25/h3-9H,1-2H2,(H,24,25). The van der Waals surface area contributed by atoms with Gasteiger partial charge in [0.15, 0.2) is 0 Å². The summed E-state index contributed by atoms with van der Waals surface area (Å²) in [7, 11) is 0. The number of rotatable bonds is 4. The minimum absolute atomic E-state index is 0.0422. The highest BCUT2D eigenvalue weighted by atomic mass is 19.4. The van der Waals surface area contributed by atoms with E-state index < -0.39 is 29.4 Å². The van der Waals surface area contributed by atoms with Crippen molar-refractivity contribution in [3.8, 4) is 0 Å². The van der Waals surface area contributed by atoms with Crippen molar-refractivity contribution >= 4 is 5.97 Å². The summed E-state index contributed by atoms with van der Waals surface area (Å²) in [4.78, 5) is 10.7. The summed E-state index contributed by atoms with van der Waals surface area (Å²) < 4.78 is 76.8. The van der Waals surface area contributed by atoms with E-state index in [0.717, 1.165) is 0 Å². The number of carboxylic acid groups (broad SMARTS) is 1. The van der Waals surface area contributed by atoms with E-state index >= 15 is 0 Å². The van der Waals surface area contributed by atoms with Crippen LogP contribution >= 0.6 is 0 Å². The molecule has 2 aromatic carbocycles. The van der Waals surface area contributed by atoms with Crippen LogP contribution in [0.25, 0.3) is 0 Å². The lowest BCUT2D eigenvalue weighted by Gasteiger charge is -2.14. The van der Waals surface area contributed by atoms with E-state index in [2.05, 4.69) is 0 Å². The Morgan fingerprint density at radius 3 is 1.60 bits per heavy atom. The summed E-state index contributed by atoms with van der Waals surface area (Å²) in [5.41, 5.74) is -2.14. The third kappa shape index (κ3) is 4.98. The number of benzene rings is 2. The molecule has 1 N–H and O–H groups in total. The third-order valence-corrected chi connectivity index (χ3v) is 3.55. The van der Waals surface area contributed by atoms with Crippen LogP contribution in [0.1, 0.15) is 32.6 Å². The molecule has 0 amide bonds. The maximum Gasteiger partial charge on any atom is 0.416 e. The molecule has 0 aromatic heterocycles. The number of carboxylic acids is 1. The summed E-state index contributed by atoms with van der Waals surface area (Å²) in [6, 6.07) is 7.08. The first-order chi connectivity index (χ1) is 11.5. The summed E-state index contributed by atoms with van der Waals surface area (Å²) in [5.74, 6) is -1.13. The molecule has 0 heterocycles. The predicted molar refractivity (Wildman–Crippen MR) is 77.3 cm³/mol. The molecular formula is C17H12F6O2. The second-order valence-corrected chi connectivity index (χ2v) is 5.42.